The number of benzene rings is 2. The second kappa shape index (κ2) is 7.93. The van der Waals surface area contributed by atoms with Gasteiger partial charge in [0.1, 0.15) is 0 Å². The number of nitrogens with one attached hydrogen (secondary N) is 1. The van der Waals surface area contributed by atoms with E-state index in [1.807, 2.05) is 18.2 Å². The van der Waals surface area contributed by atoms with Crippen molar-refractivity contribution in [2.24, 2.45) is 0 Å². The lowest BCUT2D eigenvalue weighted by atomic mass is 10.2. The normalized spacial score (nSPS) is 10.5. The highest BCUT2D eigenvalue weighted by Crippen LogP contribution is 2.34. The quantitative estimate of drug-likeness (QED) is 0.553. The second-order valence-corrected chi connectivity index (χ2v) is 8.16. The lowest BCUT2D eigenvalue weighted by Crippen LogP contribution is -2.15. The van der Waals surface area contributed by atoms with Crippen molar-refractivity contribution in [3.05, 3.63) is 76.6 Å². The van der Waals surface area contributed by atoms with Crippen LogP contribution in [0.3, 0.4) is 0 Å². The van der Waals surface area contributed by atoms with E-state index in [0.717, 1.165) is 4.21 Å². The van der Waals surface area contributed by atoms with Crippen molar-refractivity contribution in [3.8, 4) is 0 Å². The van der Waals surface area contributed by atoms with E-state index in [0.29, 0.717) is 10.6 Å². The molecule has 2 aromatic carbocycles. The molecule has 0 aliphatic rings. The van der Waals surface area contributed by atoms with Crippen LogP contribution in [0.5, 0.6) is 0 Å². The molecule has 0 unspecified atom stereocenters. The van der Waals surface area contributed by atoms with Crippen LogP contribution in [0.1, 0.15) is 10.4 Å². The first-order valence-electron chi connectivity index (χ1n) is 6.75. The first-order valence-corrected chi connectivity index (χ1v) is 9.64. The Morgan fingerprint density at radius 3 is 2.48 bits per heavy atom. The van der Waals surface area contributed by atoms with E-state index in [2.05, 4.69) is 28.3 Å². The predicted octanol–water partition coefficient (Wildman–Crippen LogP) is 5.99. The van der Waals surface area contributed by atoms with Gasteiger partial charge in [0, 0.05) is 25.8 Å². The SMILES string of the molecule is O=C(NSc1cc(Sc2ccccc2)cs1)c1ccc(Cl)cc1. The van der Waals surface area contributed by atoms with Crippen LogP contribution in [0, 0.1) is 0 Å². The molecule has 3 rings (SSSR count). The Morgan fingerprint density at radius 1 is 1.00 bits per heavy atom. The summed E-state index contributed by atoms with van der Waals surface area (Å²) in [6, 6.07) is 19.1. The minimum Gasteiger partial charge on any atom is -0.291 e. The Balaban J connectivity index is 1.57. The van der Waals surface area contributed by atoms with Gasteiger partial charge >= 0.3 is 0 Å². The van der Waals surface area contributed by atoms with Gasteiger partial charge in [-0.1, -0.05) is 41.6 Å². The van der Waals surface area contributed by atoms with Crippen LogP contribution >= 0.6 is 46.6 Å². The maximum atomic E-state index is 12.1. The highest BCUT2D eigenvalue weighted by molar-refractivity contribution is 8.00. The number of carbonyl (C=O) groups excluding carboxylic acids is 1. The Kier molecular flexibility index (Phi) is 5.67. The molecule has 0 radical (unpaired) electrons. The zero-order valence-corrected chi connectivity index (χ0v) is 15.1. The molecule has 0 saturated carbocycles. The zero-order valence-electron chi connectivity index (χ0n) is 11.9. The summed E-state index contributed by atoms with van der Waals surface area (Å²) in [5, 5.41) is 2.71. The fraction of sp³-hybridized carbons (Fsp3) is 0. The maximum Gasteiger partial charge on any atom is 0.261 e. The number of hydrogen-bond acceptors (Lipinski definition) is 4. The van der Waals surface area contributed by atoms with Gasteiger partial charge in [-0.2, -0.15) is 0 Å². The summed E-state index contributed by atoms with van der Waals surface area (Å²) in [7, 11) is 0. The number of thiophene rings is 1. The van der Waals surface area contributed by atoms with Gasteiger partial charge in [-0.05, 0) is 54.4 Å². The van der Waals surface area contributed by atoms with Crippen LogP contribution in [0.4, 0.5) is 0 Å². The van der Waals surface area contributed by atoms with E-state index in [-0.39, 0.29) is 5.91 Å². The van der Waals surface area contributed by atoms with E-state index in [1.165, 1.54) is 21.7 Å². The molecule has 1 aromatic heterocycles. The van der Waals surface area contributed by atoms with Crippen molar-refractivity contribution in [1.82, 2.24) is 4.72 Å². The summed E-state index contributed by atoms with van der Waals surface area (Å²) in [6.45, 7) is 0. The molecule has 116 valence electrons. The highest BCUT2D eigenvalue weighted by Gasteiger charge is 2.08. The molecule has 0 saturated heterocycles. The first-order chi connectivity index (χ1) is 11.2. The third kappa shape index (κ3) is 4.78. The molecule has 1 N–H and O–H groups in total. The maximum absolute atomic E-state index is 12.1. The fourth-order valence-corrected chi connectivity index (χ4v) is 4.60. The molecule has 0 fully saturated rings. The van der Waals surface area contributed by atoms with Gasteiger partial charge in [-0.15, -0.1) is 11.3 Å². The van der Waals surface area contributed by atoms with Crippen LogP contribution < -0.4 is 4.72 Å². The number of hydrogen-bond donors (Lipinski definition) is 1. The lowest BCUT2D eigenvalue weighted by Gasteiger charge is -2.02. The average molecular weight is 378 g/mol. The molecular weight excluding hydrogens is 366 g/mol. The van der Waals surface area contributed by atoms with E-state index in [9.17, 15) is 4.79 Å². The highest BCUT2D eigenvalue weighted by atomic mass is 35.5. The molecule has 2 nitrogen and oxygen atoms in total. The van der Waals surface area contributed by atoms with Gasteiger partial charge in [0.2, 0.25) is 0 Å². The molecule has 6 heteroatoms. The van der Waals surface area contributed by atoms with Gasteiger partial charge < -0.3 is 0 Å². The van der Waals surface area contributed by atoms with Crippen molar-refractivity contribution < 1.29 is 4.79 Å². The van der Waals surface area contributed by atoms with Crippen molar-refractivity contribution in [3.63, 3.8) is 0 Å². The fourth-order valence-electron chi connectivity index (χ4n) is 1.79. The standard InChI is InChI=1S/C17H12ClNOS3/c18-13-8-6-12(7-9-13)17(20)19-23-16-10-15(11-21-16)22-14-4-2-1-3-5-14/h1-11H,(H,19,20). The Hall–Kier alpha value is -1.40. The van der Waals surface area contributed by atoms with E-state index in [1.54, 1.807) is 47.4 Å². The number of amides is 1. The van der Waals surface area contributed by atoms with Gasteiger partial charge in [0.25, 0.3) is 5.91 Å². The molecule has 0 bridgehead atoms. The monoisotopic (exact) mass is 377 g/mol. The van der Waals surface area contributed by atoms with Gasteiger partial charge in [-0.25, -0.2) is 0 Å². The van der Waals surface area contributed by atoms with Crippen LogP contribution in [-0.2, 0) is 0 Å². The largest absolute Gasteiger partial charge is 0.291 e. The summed E-state index contributed by atoms with van der Waals surface area (Å²) >= 11 is 10.5. The van der Waals surface area contributed by atoms with E-state index in [4.69, 9.17) is 11.6 Å². The smallest absolute Gasteiger partial charge is 0.261 e. The van der Waals surface area contributed by atoms with Gasteiger partial charge in [0.15, 0.2) is 0 Å². The number of halogens is 1. The van der Waals surface area contributed by atoms with Crippen molar-refractivity contribution in [1.29, 1.82) is 0 Å². The van der Waals surface area contributed by atoms with Crippen molar-refractivity contribution >= 4 is 52.6 Å². The first kappa shape index (κ1) is 16.5. The summed E-state index contributed by atoms with van der Waals surface area (Å²) in [5.74, 6) is -0.127. The minimum absolute atomic E-state index is 0.127. The van der Waals surface area contributed by atoms with Crippen molar-refractivity contribution in [2.45, 2.75) is 14.0 Å². The van der Waals surface area contributed by atoms with Crippen LogP contribution in [0.15, 0.2) is 80.0 Å². The molecule has 0 spiro atoms. The van der Waals surface area contributed by atoms with Crippen molar-refractivity contribution in [2.75, 3.05) is 0 Å². The van der Waals surface area contributed by atoms with Crippen LogP contribution in [-0.4, -0.2) is 5.91 Å². The van der Waals surface area contributed by atoms with E-state index >= 15 is 0 Å². The number of carbonyl (C=O) groups is 1. The minimum atomic E-state index is -0.127. The molecule has 3 aromatic rings. The molecule has 1 heterocycles. The summed E-state index contributed by atoms with van der Waals surface area (Å²) < 4.78 is 3.89. The Morgan fingerprint density at radius 2 is 1.74 bits per heavy atom. The molecule has 0 atom stereocenters. The lowest BCUT2D eigenvalue weighted by molar-refractivity contribution is 0.0984. The molecule has 0 aliphatic carbocycles. The van der Waals surface area contributed by atoms with E-state index < -0.39 is 0 Å². The summed E-state index contributed by atoms with van der Waals surface area (Å²) in [5.41, 5.74) is 0.595. The third-order valence-corrected chi connectivity index (χ3v) is 6.13. The average Bonchev–Trinajstić information content (AvgIpc) is 3.02. The van der Waals surface area contributed by atoms with Crippen LogP contribution in [0.2, 0.25) is 5.02 Å². The molecule has 1 amide bonds. The second-order valence-electron chi connectivity index (χ2n) is 4.56. The third-order valence-electron chi connectivity index (χ3n) is 2.88. The molecular formula is C17H12ClNOS3. The predicted molar refractivity (Wildman–Crippen MR) is 99.7 cm³/mol. The summed E-state index contributed by atoms with van der Waals surface area (Å²) in [6.07, 6.45) is 0. The summed E-state index contributed by atoms with van der Waals surface area (Å²) in [4.78, 5) is 14.4. The topological polar surface area (TPSA) is 29.1 Å². The molecule has 23 heavy (non-hydrogen) atoms. The van der Waals surface area contributed by atoms with Gasteiger partial charge in [-0.3, -0.25) is 9.52 Å². The Labute approximate surface area is 152 Å². The van der Waals surface area contributed by atoms with Crippen LogP contribution in [0.25, 0.3) is 0 Å². The molecule has 0 aliphatic heterocycles. The Bertz CT molecular complexity index is 787. The number of rotatable bonds is 5. The van der Waals surface area contributed by atoms with Gasteiger partial charge in [0.05, 0.1) is 4.21 Å². The zero-order chi connectivity index (χ0) is 16.1.